The van der Waals surface area contributed by atoms with Gasteiger partial charge in [-0.2, -0.15) is 5.10 Å². The van der Waals surface area contributed by atoms with E-state index < -0.39 is 0 Å². The van der Waals surface area contributed by atoms with Crippen LogP contribution < -0.4 is 10.7 Å². The second-order valence-electron chi connectivity index (χ2n) is 4.49. The van der Waals surface area contributed by atoms with Crippen molar-refractivity contribution in [1.82, 2.24) is 5.43 Å². The molecule has 100 valence electrons. The predicted octanol–water partition coefficient (Wildman–Crippen LogP) is 1.84. The number of carbonyl (C=O) groups excluding carboxylic acids is 2. The van der Waals surface area contributed by atoms with E-state index in [4.69, 9.17) is 0 Å². The number of rotatable bonds is 4. The number of amides is 2. The van der Waals surface area contributed by atoms with E-state index in [0.29, 0.717) is 18.6 Å². The molecule has 0 atom stereocenters. The fraction of sp³-hybridized carbons (Fsp3) is 0.357. The number of aryl methyl sites for hydroxylation is 1. The summed E-state index contributed by atoms with van der Waals surface area (Å²) >= 11 is 0. The predicted molar refractivity (Wildman–Crippen MR) is 73.9 cm³/mol. The van der Waals surface area contributed by atoms with E-state index in [0.717, 1.165) is 18.5 Å². The van der Waals surface area contributed by atoms with Gasteiger partial charge in [-0.1, -0.05) is 25.5 Å². The normalized spacial score (nSPS) is 14.6. The van der Waals surface area contributed by atoms with E-state index in [1.165, 1.54) is 5.56 Å². The van der Waals surface area contributed by atoms with Crippen LogP contribution in [0.2, 0.25) is 0 Å². The molecule has 2 amide bonds. The van der Waals surface area contributed by atoms with Crippen molar-refractivity contribution in [2.45, 2.75) is 32.6 Å². The van der Waals surface area contributed by atoms with Crippen LogP contribution in [0.25, 0.3) is 0 Å². The molecule has 1 aliphatic rings. The molecule has 0 saturated carbocycles. The van der Waals surface area contributed by atoms with Crippen molar-refractivity contribution in [2.24, 2.45) is 5.10 Å². The Morgan fingerprint density at radius 1 is 1.32 bits per heavy atom. The van der Waals surface area contributed by atoms with Crippen LogP contribution in [-0.2, 0) is 16.0 Å². The van der Waals surface area contributed by atoms with Crippen molar-refractivity contribution in [3.05, 3.63) is 29.8 Å². The lowest BCUT2D eigenvalue weighted by molar-refractivity contribution is -0.121. The molecule has 0 spiro atoms. The van der Waals surface area contributed by atoms with Crippen LogP contribution in [0.1, 0.15) is 31.7 Å². The van der Waals surface area contributed by atoms with E-state index >= 15 is 0 Å². The molecule has 2 rings (SSSR count). The lowest BCUT2D eigenvalue weighted by Crippen LogP contribution is -2.32. The van der Waals surface area contributed by atoms with E-state index in [-0.39, 0.29) is 11.8 Å². The van der Waals surface area contributed by atoms with Gasteiger partial charge in [0.15, 0.2) is 0 Å². The fourth-order valence-corrected chi connectivity index (χ4v) is 1.88. The first-order chi connectivity index (χ1) is 9.19. The lowest BCUT2D eigenvalue weighted by atomic mass is 10.1. The number of carbonyl (C=O) groups is 2. The van der Waals surface area contributed by atoms with Gasteiger partial charge in [0.05, 0.1) is 0 Å². The zero-order valence-corrected chi connectivity index (χ0v) is 10.9. The minimum Gasteiger partial charge on any atom is -0.321 e. The highest BCUT2D eigenvalue weighted by molar-refractivity contribution is 6.43. The summed E-state index contributed by atoms with van der Waals surface area (Å²) < 4.78 is 0. The Kier molecular flexibility index (Phi) is 4.28. The average molecular weight is 259 g/mol. The molecule has 1 aromatic rings. The number of benzene rings is 1. The van der Waals surface area contributed by atoms with E-state index in [1.807, 2.05) is 24.3 Å². The minimum absolute atomic E-state index is 0.152. The molecule has 0 aliphatic carbocycles. The quantitative estimate of drug-likeness (QED) is 0.866. The van der Waals surface area contributed by atoms with Gasteiger partial charge in [0.2, 0.25) is 5.91 Å². The number of nitrogens with one attached hydrogen (secondary N) is 2. The molecule has 0 aromatic heterocycles. The lowest BCUT2D eigenvalue weighted by Gasteiger charge is -2.12. The number of anilines is 1. The zero-order chi connectivity index (χ0) is 13.7. The summed E-state index contributed by atoms with van der Waals surface area (Å²) in [6, 6.07) is 7.77. The van der Waals surface area contributed by atoms with Gasteiger partial charge < -0.3 is 5.32 Å². The third kappa shape index (κ3) is 3.64. The van der Waals surface area contributed by atoms with Gasteiger partial charge in [-0.3, -0.25) is 9.59 Å². The van der Waals surface area contributed by atoms with Crippen molar-refractivity contribution in [2.75, 3.05) is 5.32 Å². The molecule has 0 unspecified atom stereocenters. The first kappa shape index (κ1) is 13.3. The molecule has 1 aliphatic heterocycles. The Morgan fingerprint density at radius 2 is 2.05 bits per heavy atom. The molecule has 1 aromatic carbocycles. The SMILES string of the molecule is CCCc1ccc(NC(=O)C2=NNC(=O)CC2)cc1. The van der Waals surface area contributed by atoms with E-state index in [1.54, 1.807) is 0 Å². The molecule has 0 fully saturated rings. The van der Waals surface area contributed by atoms with Crippen LogP contribution >= 0.6 is 0 Å². The molecule has 0 saturated heterocycles. The molecule has 19 heavy (non-hydrogen) atoms. The largest absolute Gasteiger partial charge is 0.321 e. The third-order valence-corrected chi connectivity index (χ3v) is 2.92. The summed E-state index contributed by atoms with van der Waals surface area (Å²) in [5.41, 5.74) is 4.66. The molecular formula is C14H17N3O2. The maximum Gasteiger partial charge on any atom is 0.271 e. The second-order valence-corrected chi connectivity index (χ2v) is 4.49. The van der Waals surface area contributed by atoms with Gasteiger partial charge >= 0.3 is 0 Å². The smallest absolute Gasteiger partial charge is 0.271 e. The summed E-state index contributed by atoms with van der Waals surface area (Å²) in [6.45, 7) is 2.13. The summed E-state index contributed by atoms with van der Waals surface area (Å²) in [7, 11) is 0. The van der Waals surface area contributed by atoms with Crippen LogP contribution in [-0.4, -0.2) is 17.5 Å². The van der Waals surface area contributed by atoms with Crippen LogP contribution in [0, 0.1) is 0 Å². The maximum absolute atomic E-state index is 11.9. The van der Waals surface area contributed by atoms with Gasteiger partial charge in [0, 0.05) is 18.5 Å². The number of hydrazone groups is 1. The molecule has 5 heteroatoms. The molecule has 0 radical (unpaired) electrons. The first-order valence-electron chi connectivity index (χ1n) is 6.44. The monoisotopic (exact) mass is 259 g/mol. The second kappa shape index (κ2) is 6.13. The Labute approximate surface area is 112 Å². The molecule has 2 N–H and O–H groups in total. The van der Waals surface area contributed by atoms with Gasteiger partial charge in [-0.05, 0) is 24.1 Å². The Balaban J connectivity index is 1.97. The topological polar surface area (TPSA) is 70.6 Å². The summed E-state index contributed by atoms with van der Waals surface area (Å²) in [6.07, 6.45) is 2.82. The minimum atomic E-state index is -0.261. The van der Waals surface area contributed by atoms with Gasteiger partial charge in [-0.25, -0.2) is 5.43 Å². The zero-order valence-electron chi connectivity index (χ0n) is 10.9. The van der Waals surface area contributed by atoms with Gasteiger partial charge in [0.25, 0.3) is 5.91 Å². The molecular weight excluding hydrogens is 242 g/mol. The summed E-state index contributed by atoms with van der Waals surface area (Å²) in [4.78, 5) is 22.8. The van der Waals surface area contributed by atoms with E-state index in [9.17, 15) is 9.59 Å². The summed E-state index contributed by atoms with van der Waals surface area (Å²) in [5.74, 6) is -0.413. The van der Waals surface area contributed by atoms with Gasteiger partial charge in [0.1, 0.15) is 5.71 Å². The highest BCUT2D eigenvalue weighted by Crippen LogP contribution is 2.12. The first-order valence-corrected chi connectivity index (χ1v) is 6.44. The standard InChI is InChI=1S/C14H17N3O2/c1-2-3-10-4-6-11(7-5-10)15-14(19)12-8-9-13(18)17-16-12/h4-7H,2-3,8-9H2,1H3,(H,15,19)(H,17,18). The van der Waals surface area contributed by atoms with Crippen molar-refractivity contribution in [1.29, 1.82) is 0 Å². The summed E-state index contributed by atoms with van der Waals surface area (Å²) in [5, 5.41) is 6.53. The average Bonchev–Trinajstić information content (AvgIpc) is 2.42. The molecule has 0 bridgehead atoms. The van der Waals surface area contributed by atoms with Gasteiger partial charge in [-0.15, -0.1) is 0 Å². The Hall–Kier alpha value is -2.17. The molecule has 5 nitrogen and oxygen atoms in total. The van der Waals surface area contributed by atoms with Crippen LogP contribution in [0.4, 0.5) is 5.69 Å². The highest BCUT2D eigenvalue weighted by atomic mass is 16.2. The van der Waals surface area contributed by atoms with Crippen molar-refractivity contribution in [3.63, 3.8) is 0 Å². The number of nitrogens with zero attached hydrogens (tertiary/aromatic N) is 1. The number of hydrogen-bond acceptors (Lipinski definition) is 3. The van der Waals surface area contributed by atoms with Crippen LogP contribution in [0.3, 0.4) is 0 Å². The highest BCUT2D eigenvalue weighted by Gasteiger charge is 2.18. The van der Waals surface area contributed by atoms with Crippen molar-refractivity contribution < 1.29 is 9.59 Å². The number of hydrogen-bond donors (Lipinski definition) is 2. The Bertz CT molecular complexity index is 506. The fourth-order valence-electron chi connectivity index (χ4n) is 1.88. The third-order valence-electron chi connectivity index (χ3n) is 2.92. The van der Waals surface area contributed by atoms with Crippen molar-refractivity contribution >= 4 is 23.2 Å². The molecule has 1 heterocycles. The van der Waals surface area contributed by atoms with Crippen LogP contribution in [0.5, 0.6) is 0 Å². The van der Waals surface area contributed by atoms with Crippen molar-refractivity contribution in [3.8, 4) is 0 Å². The van der Waals surface area contributed by atoms with Crippen LogP contribution in [0.15, 0.2) is 29.4 Å². The maximum atomic E-state index is 11.9. The Morgan fingerprint density at radius 3 is 2.63 bits per heavy atom. The van der Waals surface area contributed by atoms with E-state index in [2.05, 4.69) is 22.8 Å².